The molecule has 0 spiro atoms. The summed E-state index contributed by atoms with van der Waals surface area (Å²) in [4.78, 5) is 0. The quantitative estimate of drug-likeness (QED) is 0.529. The van der Waals surface area contributed by atoms with Crippen LogP contribution in [0.4, 0.5) is 0 Å². The molecule has 1 radical (unpaired) electrons. The molecular formula is C12H26NSi2Zr. The van der Waals surface area contributed by atoms with Gasteiger partial charge in [-0.15, -0.1) is 0 Å². The van der Waals surface area contributed by atoms with Gasteiger partial charge in [-0.1, -0.05) is 43.4 Å². The van der Waals surface area contributed by atoms with Crippen molar-refractivity contribution in [2.24, 2.45) is 0 Å². The van der Waals surface area contributed by atoms with Gasteiger partial charge in [-0.3, -0.25) is 0 Å². The van der Waals surface area contributed by atoms with Crippen LogP contribution >= 0.6 is 0 Å². The van der Waals surface area contributed by atoms with Gasteiger partial charge < -0.3 is 24.4 Å². The molecule has 0 saturated heterocycles. The summed E-state index contributed by atoms with van der Waals surface area (Å²) in [6.07, 6.45) is 10.0. The Bertz CT molecular complexity index is 136. The molecule has 2 rings (SSSR count). The van der Waals surface area contributed by atoms with Crippen LogP contribution in [0.3, 0.4) is 0 Å². The van der Waals surface area contributed by atoms with E-state index >= 15 is 0 Å². The molecule has 0 aromatic rings. The maximum absolute atomic E-state index is 4.71. The SMILES string of the molecule is [CH-]1CC1.[CH-]1CC1.[CH2-]C[Si](C)(C)[N-][Si](C)C.[Zr+4]. The summed E-state index contributed by atoms with van der Waals surface area (Å²) >= 11 is 0. The second-order valence-corrected chi connectivity index (χ2v) is 11.8. The molecule has 0 aromatic heterocycles. The van der Waals surface area contributed by atoms with Crippen LogP contribution in [-0.2, 0) is 26.2 Å². The molecular weight excluding hydrogens is 306 g/mol. The number of hydrogen-bond acceptors (Lipinski definition) is 0. The minimum atomic E-state index is -1.18. The summed E-state index contributed by atoms with van der Waals surface area (Å²) in [6.45, 7) is 12.9. The predicted molar refractivity (Wildman–Crippen MR) is 75.6 cm³/mol. The molecule has 0 bridgehead atoms. The van der Waals surface area contributed by atoms with Gasteiger partial charge in [0.2, 0.25) is 0 Å². The van der Waals surface area contributed by atoms with Gasteiger partial charge in [0, 0.05) is 0 Å². The summed E-state index contributed by atoms with van der Waals surface area (Å²) in [5.74, 6) is 0. The Morgan fingerprint density at radius 2 is 1.44 bits per heavy atom. The first-order chi connectivity index (χ1) is 6.98. The van der Waals surface area contributed by atoms with E-state index in [2.05, 4.69) is 46.0 Å². The smallest absolute Gasteiger partial charge is 0.672 e. The van der Waals surface area contributed by atoms with Crippen LogP contribution in [0.25, 0.3) is 4.65 Å². The fourth-order valence-corrected chi connectivity index (χ4v) is 5.95. The van der Waals surface area contributed by atoms with Crippen molar-refractivity contribution in [1.82, 2.24) is 0 Å². The van der Waals surface area contributed by atoms with E-state index in [0.29, 0.717) is 0 Å². The van der Waals surface area contributed by atoms with Crippen molar-refractivity contribution < 1.29 is 26.2 Å². The van der Waals surface area contributed by atoms with E-state index in [-0.39, 0.29) is 35.2 Å². The topological polar surface area (TPSA) is 14.1 Å². The minimum Gasteiger partial charge on any atom is -0.672 e. The molecule has 1 nitrogen and oxygen atoms in total. The van der Waals surface area contributed by atoms with Crippen molar-refractivity contribution in [3.8, 4) is 0 Å². The van der Waals surface area contributed by atoms with Crippen LogP contribution in [0.5, 0.6) is 0 Å². The van der Waals surface area contributed by atoms with Crippen LogP contribution in [0.2, 0.25) is 32.2 Å². The molecule has 2 aliphatic rings. The molecule has 0 atom stereocenters. The van der Waals surface area contributed by atoms with E-state index in [1.807, 2.05) is 0 Å². The van der Waals surface area contributed by atoms with Crippen molar-refractivity contribution in [3.05, 3.63) is 24.4 Å². The zero-order valence-corrected chi connectivity index (χ0v) is 15.8. The Morgan fingerprint density at radius 1 is 1.12 bits per heavy atom. The van der Waals surface area contributed by atoms with Gasteiger partial charge in [0.25, 0.3) is 0 Å². The van der Waals surface area contributed by atoms with Crippen LogP contribution in [0.1, 0.15) is 25.7 Å². The van der Waals surface area contributed by atoms with E-state index in [1.165, 1.54) is 25.7 Å². The van der Waals surface area contributed by atoms with Gasteiger partial charge in [0.15, 0.2) is 0 Å². The number of hydrogen-bond donors (Lipinski definition) is 0. The molecule has 0 N–H and O–H groups in total. The van der Waals surface area contributed by atoms with Gasteiger partial charge in [-0.2, -0.15) is 0 Å². The zero-order chi connectivity index (χ0) is 11.7. The fourth-order valence-electron chi connectivity index (χ4n) is 0.661. The molecule has 2 fully saturated rings. The van der Waals surface area contributed by atoms with E-state index in [4.69, 9.17) is 4.65 Å². The molecule has 0 unspecified atom stereocenters. The molecule has 0 amide bonds. The predicted octanol–water partition coefficient (Wildman–Crippen LogP) is 4.62. The summed E-state index contributed by atoms with van der Waals surface area (Å²) in [5, 5.41) is 0. The first-order valence-electron chi connectivity index (χ1n) is 5.93. The molecule has 0 aromatic carbocycles. The maximum Gasteiger partial charge on any atom is 4.00 e. The van der Waals surface area contributed by atoms with E-state index < -0.39 is 8.24 Å². The third kappa shape index (κ3) is 24.5. The summed E-state index contributed by atoms with van der Waals surface area (Å²) in [6, 6.07) is 1.04. The van der Waals surface area contributed by atoms with Crippen LogP contribution in [0, 0.1) is 19.8 Å². The summed E-state index contributed by atoms with van der Waals surface area (Å²) < 4.78 is 4.71. The van der Waals surface area contributed by atoms with Crippen LogP contribution in [-0.4, -0.2) is 17.2 Å². The van der Waals surface area contributed by atoms with Crippen LogP contribution in [0.15, 0.2) is 0 Å². The average molecular weight is 332 g/mol. The van der Waals surface area contributed by atoms with Crippen molar-refractivity contribution >= 4 is 17.2 Å². The standard InChI is InChI=1S/C6H16NSi2.2C3H5.Zr/c1-6-9(4,5)7-8(2)3;2*1-2-3-1;/h1,6H2,2-5H3;2*1H,2-3H2;/q-2;2*-1;+4. The van der Waals surface area contributed by atoms with Gasteiger partial charge in [0.05, 0.1) is 0 Å². The molecule has 91 valence electrons. The number of rotatable bonds is 3. The van der Waals surface area contributed by atoms with Crippen molar-refractivity contribution in [1.29, 1.82) is 0 Å². The molecule has 2 saturated carbocycles. The second kappa shape index (κ2) is 11.4. The van der Waals surface area contributed by atoms with E-state index in [0.717, 1.165) is 6.04 Å². The van der Waals surface area contributed by atoms with Gasteiger partial charge >= 0.3 is 26.2 Å². The van der Waals surface area contributed by atoms with Gasteiger partial charge in [-0.25, -0.2) is 31.7 Å². The Hall–Kier alpha value is 1.28. The van der Waals surface area contributed by atoms with Crippen molar-refractivity contribution in [2.75, 3.05) is 0 Å². The Balaban J connectivity index is 0. The van der Waals surface area contributed by atoms with Gasteiger partial charge in [-0.05, 0) is 0 Å². The molecule has 0 aliphatic heterocycles. The van der Waals surface area contributed by atoms with Crippen LogP contribution < -0.4 is 0 Å². The third-order valence-corrected chi connectivity index (χ3v) is 7.15. The monoisotopic (exact) mass is 330 g/mol. The van der Waals surface area contributed by atoms with Crippen molar-refractivity contribution in [3.63, 3.8) is 0 Å². The molecule has 4 heteroatoms. The first-order valence-corrected chi connectivity index (χ1v) is 11.5. The Labute approximate surface area is 125 Å². The van der Waals surface area contributed by atoms with Gasteiger partial charge in [0.1, 0.15) is 0 Å². The summed E-state index contributed by atoms with van der Waals surface area (Å²) in [5.41, 5.74) is 0. The molecule has 16 heavy (non-hydrogen) atoms. The average Bonchev–Trinajstić information content (AvgIpc) is 2.89. The van der Waals surface area contributed by atoms with E-state index in [1.54, 1.807) is 0 Å². The summed E-state index contributed by atoms with van der Waals surface area (Å²) in [7, 11) is -1.54. The maximum atomic E-state index is 4.71. The zero-order valence-electron chi connectivity index (χ0n) is 11.3. The molecule has 2 aliphatic carbocycles. The number of nitrogens with zero attached hydrogens (tertiary/aromatic N) is 1. The second-order valence-electron chi connectivity index (χ2n) is 4.85. The fraction of sp³-hybridized carbons (Fsp3) is 0.750. The third-order valence-electron chi connectivity index (χ3n) is 1.72. The molecule has 0 heterocycles. The normalized spacial score (nSPS) is 16.1. The Morgan fingerprint density at radius 3 is 1.50 bits per heavy atom. The Kier molecular flexibility index (Phi) is 13.9. The largest absolute Gasteiger partial charge is 4.00 e. The minimum absolute atomic E-state index is 0. The van der Waals surface area contributed by atoms with E-state index in [9.17, 15) is 0 Å². The first kappa shape index (κ1) is 19.6. The van der Waals surface area contributed by atoms with Crippen molar-refractivity contribution in [2.45, 2.75) is 57.9 Å².